The largest absolute Gasteiger partial charge is 0.496 e. The molecule has 0 aliphatic heterocycles. The van der Waals surface area contributed by atoms with Crippen molar-refractivity contribution in [2.45, 2.75) is 33.7 Å². The van der Waals surface area contributed by atoms with E-state index < -0.39 is 0 Å². The van der Waals surface area contributed by atoms with Gasteiger partial charge in [0.2, 0.25) is 0 Å². The molecule has 0 aliphatic rings. The number of aromatic nitrogens is 2. The second-order valence-corrected chi connectivity index (χ2v) is 5.12. The molecule has 21 heavy (non-hydrogen) atoms. The molecule has 0 saturated carbocycles. The van der Waals surface area contributed by atoms with E-state index in [4.69, 9.17) is 9.47 Å². The molecule has 1 aromatic heterocycles. The third-order valence-corrected chi connectivity index (χ3v) is 3.49. The minimum Gasteiger partial charge on any atom is -0.496 e. The maximum atomic E-state index is 5.50. The maximum absolute atomic E-state index is 5.50. The zero-order valence-corrected chi connectivity index (χ0v) is 14.9. The van der Waals surface area contributed by atoms with Crippen molar-refractivity contribution >= 4 is 0 Å². The summed E-state index contributed by atoms with van der Waals surface area (Å²) in [6.45, 7) is 8.36. The van der Waals surface area contributed by atoms with Crippen LogP contribution in [0.5, 0.6) is 11.5 Å². The molecule has 0 spiro atoms. The number of nitrogens with zero attached hydrogens (tertiary/aromatic N) is 2. The molecule has 0 amide bonds. The molecule has 0 radical (unpaired) electrons. The molecule has 2 rings (SSSR count). The molecule has 118 valence electrons. The van der Waals surface area contributed by atoms with Gasteiger partial charge in [-0.05, 0) is 39.8 Å². The van der Waals surface area contributed by atoms with Crippen molar-refractivity contribution in [3.8, 4) is 22.6 Å². The summed E-state index contributed by atoms with van der Waals surface area (Å²) in [4.78, 5) is 0. The van der Waals surface area contributed by atoms with Gasteiger partial charge in [0.05, 0.1) is 25.5 Å². The minimum absolute atomic E-state index is 0. The summed E-state index contributed by atoms with van der Waals surface area (Å²) in [5, 5.41) is 4.64. The standard InChI is InChI=1S/C16H22N2O2.Pd/c1-10(2)18-12(4)15(11(3)17-18)16-13(19-5)8-7-9-14(16)20-6;/h7-10H,1-6H3;. The summed E-state index contributed by atoms with van der Waals surface area (Å²) >= 11 is 0. The molecule has 0 atom stereocenters. The second kappa shape index (κ2) is 7.11. The van der Waals surface area contributed by atoms with Crippen molar-refractivity contribution in [1.29, 1.82) is 0 Å². The summed E-state index contributed by atoms with van der Waals surface area (Å²) in [6.07, 6.45) is 0. The predicted molar refractivity (Wildman–Crippen MR) is 80.6 cm³/mol. The van der Waals surface area contributed by atoms with E-state index in [0.29, 0.717) is 6.04 Å². The number of hydrogen-bond donors (Lipinski definition) is 0. The molecule has 0 bridgehead atoms. The van der Waals surface area contributed by atoms with Crippen molar-refractivity contribution < 1.29 is 29.9 Å². The van der Waals surface area contributed by atoms with Gasteiger partial charge in [0.25, 0.3) is 0 Å². The molecule has 0 N–H and O–H groups in total. The molecule has 0 aliphatic carbocycles. The van der Waals surface area contributed by atoms with E-state index in [1.165, 1.54) is 0 Å². The topological polar surface area (TPSA) is 36.3 Å². The van der Waals surface area contributed by atoms with Crippen LogP contribution >= 0.6 is 0 Å². The quantitative estimate of drug-likeness (QED) is 0.758. The van der Waals surface area contributed by atoms with E-state index in [1.807, 2.05) is 29.8 Å². The number of methoxy groups -OCH3 is 2. The Morgan fingerprint density at radius 3 is 1.90 bits per heavy atom. The van der Waals surface area contributed by atoms with Crippen LogP contribution in [0.2, 0.25) is 0 Å². The van der Waals surface area contributed by atoms with E-state index in [0.717, 1.165) is 34.0 Å². The Bertz CT molecular complexity index is 599. The first-order chi connectivity index (χ1) is 9.51. The zero-order valence-electron chi connectivity index (χ0n) is 13.3. The van der Waals surface area contributed by atoms with E-state index in [-0.39, 0.29) is 20.4 Å². The number of rotatable bonds is 4. The van der Waals surface area contributed by atoms with Crippen LogP contribution in [-0.2, 0) is 20.4 Å². The molecular weight excluding hydrogens is 359 g/mol. The van der Waals surface area contributed by atoms with Gasteiger partial charge in [-0.25, -0.2) is 0 Å². The van der Waals surface area contributed by atoms with Crippen LogP contribution in [0.3, 0.4) is 0 Å². The Morgan fingerprint density at radius 2 is 1.52 bits per heavy atom. The summed E-state index contributed by atoms with van der Waals surface area (Å²) in [5.41, 5.74) is 4.17. The molecule has 0 fully saturated rings. The summed E-state index contributed by atoms with van der Waals surface area (Å²) in [5.74, 6) is 1.61. The second-order valence-electron chi connectivity index (χ2n) is 5.12. The third-order valence-electron chi connectivity index (χ3n) is 3.49. The van der Waals surface area contributed by atoms with E-state index >= 15 is 0 Å². The fourth-order valence-electron chi connectivity index (χ4n) is 2.63. The fraction of sp³-hybridized carbons (Fsp3) is 0.438. The first kappa shape index (κ1) is 17.7. The van der Waals surface area contributed by atoms with Crippen LogP contribution in [0.1, 0.15) is 31.3 Å². The average molecular weight is 381 g/mol. The Labute approximate surface area is 140 Å². The van der Waals surface area contributed by atoms with Gasteiger partial charge in [0.1, 0.15) is 11.5 Å². The van der Waals surface area contributed by atoms with Crippen molar-refractivity contribution in [2.24, 2.45) is 0 Å². The van der Waals surface area contributed by atoms with Gasteiger partial charge in [-0.3, -0.25) is 4.68 Å². The molecule has 4 nitrogen and oxygen atoms in total. The number of hydrogen-bond acceptors (Lipinski definition) is 3. The van der Waals surface area contributed by atoms with E-state index in [2.05, 4.69) is 25.9 Å². The average Bonchev–Trinajstić information content (AvgIpc) is 2.73. The van der Waals surface area contributed by atoms with Crippen molar-refractivity contribution in [3.05, 3.63) is 29.6 Å². The summed E-state index contributed by atoms with van der Waals surface area (Å²) in [6, 6.07) is 6.15. The van der Waals surface area contributed by atoms with Gasteiger partial charge in [-0.2, -0.15) is 5.10 Å². The van der Waals surface area contributed by atoms with Crippen molar-refractivity contribution in [1.82, 2.24) is 9.78 Å². The summed E-state index contributed by atoms with van der Waals surface area (Å²) in [7, 11) is 3.35. The normalized spacial score (nSPS) is 10.4. The number of ether oxygens (including phenoxy) is 2. The SMILES string of the molecule is COc1cccc(OC)c1-c1c(C)nn(C(C)C)c1C.[Pd]. The van der Waals surface area contributed by atoms with Crippen LogP contribution in [0, 0.1) is 13.8 Å². The van der Waals surface area contributed by atoms with Crippen LogP contribution in [0.4, 0.5) is 0 Å². The molecule has 0 unspecified atom stereocenters. The van der Waals surface area contributed by atoms with Gasteiger partial charge in [0, 0.05) is 37.7 Å². The van der Waals surface area contributed by atoms with Gasteiger partial charge < -0.3 is 9.47 Å². The minimum atomic E-state index is 0. The Hall–Kier alpha value is -1.31. The van der Waals surface area contributed by atoms with Crippen LogP contribution < -0.4 is 9.47 Å². The smallest absolute Gasteiger partial charge is 0.130 e. The molecule has 0 saturated heterocycles. The van der Waals surface area contributed by atoms with E-state index in [9.17, 15) is 0 Å². The first-order valence-electron chi connectivity index (χ1n) is 6.78. The van der Waals surface area contributed by atoms with Gasteiger partial charge in [-0.1, -0.05) is 6.07 Å². The van der Waals surface area contributed by atoms with Crippen LogP contribution in [0.15, 0.2) is 18.2 Å². The van der Waals surface area contributed by atoms with Gasteiger partial charge in [-0.15, -0.1) is 0 Å². The van der Waals surface area contributed by atoms with Crippen LogP contribution in [-0.4, -0.2) is 24.0 Å². The molecule has 2 aromatic rings. The van der Waals surface area contributed by atoms with Crippen molar-refractivity contribution in [2.75, 3.05) is 14.2 Å². The Morgan fingerprint density at radius 1 is 1.00 bits per heavy atom. The maximum Gasteiger partial charge on any atom is 0.130 e. The third kappa shape index (κ3) is 3.15. The van der Waals surface area contributed by atoms with Gasteiger partial charge >= 0.3 is 0 Å². The Kier molecular flexibility index (Phi) is 6.00. The zero-order chi connectivity index (χ0) is 14.9. The molecule has 1 heterocycles. The van der Waals surface area contributed by atoms with Crippen molar-refractivity contribution in [3.63, 3.8) is 0 Å². The Balaban J connectivity index is 0.00000220. The number of benzene rings is 1. The molecule has 5 heteroatoms. The monoisotopic (exact) mass is 380 g/mol. The predicted octanol–water partition coefficient (Wildman–Crippen LogP) is 3.76. The molecule has 1 aromatic carbocycles. The number of aryl methyl sites for hydroxylation is 1. The van der Waals surface area contributed by atoms with Crippen LogP contribution in [0.25, 0.3) is 11.1 Å². The first-order valence-corrected chi connectivity index (χ1v) is 6.78. The summed E-state index contributed by atoms with van der Waals surface area (Å²) < 4.78 is 13.0. The van der Waals surface area contributed by atoms with Gasteiger partial charge in [0.15, 0.2) is 0 Å². The van der Waals surface area contributed by atoms with E-state index in [1.54, 1.807) is 14.2 Å². The fourth-order valence-corrected chi connectivity index (χ4v) is 2.63. The molecular formula is C16H22N2O2Pd.